The lowest BCUT2D eigenvalue weighted by molar-refractivity contribution is -0.119. The summed E-state index contributed by atoms with van der Waals surface area (Å²) in [5.41, 5.74) is 12.1. The SMILES string of the molecule is COc1cc(CN2CCC(C(C)N)C2)cc(Cl)c1OCC(N)=O.Cl. The number of likely N-dealkylation sites (tertiary alicyclic amines) is 1. The fourth-order valence-corrected chi connectivity index (χ4v) is 3.13. The highest BCUT2D eigenvalue weighted by Gasteiger charge is 2.25. The van der Waals surface area contributed by atoms with Gasteiger partial charge in [-0.3, -0.25) is 9.69 Å². The number of methoxy groups -OCH3 is 1. The van der Waals surface area contributed by atoms with Crippen molar-refractivity contribution in [3.8, 4) is 11.5 Å². The van der Waals surface area contributed by atoms with Crippen LogP contribution in [0, 0.1) is 5.92 Å². The fourth-order valence-electron chi connectivity index (χ4n) is 2.84. The molecule has 2 unspecified atom stereocenters. The molecule has 1 heterocycles. The van der Waals surface area contributed by atoms with Crippen LogP contribution in [0.4, 0.5) is 0 Å². The van der Waals surface area contributed by atoms with Crippen molar-refractivity contribution in [3.05, 3.63) is 22.7 Å². The minimum atomic E-state index is -0.564. The number of benzene rings is 1. The van der Waals surface area contributed by atoms with Crippen molar-refractivity contribution in [2.24, 2.45) is 17.4 Å². The van der Waals surface area contributed by atoms with E-state index in [1.807, 2.05) is 12.1 Å². The Morgan fingerprint density at radius 2 is 2.21 bits per heavy atom. The maximum Gasteiger partial charge on any atom is 0.255 e. The van der Waals surface area contributed by atoms with Crippen molar-refractivity contribution < 1.29 is 14.3 Å². The van der Waals surface area contributed by atoms with Gasteiger partial charge in [0, 0.05) is 19.1 Å². The Balaban J connectivity index is 0.00000288. The van der Waals surface area contributed by atoms with E-state index < -0.39 is 5.91 Å². The zero-order chi connectivity index (χ0) is 17.0. The molecule has 0 aromatic heterocycles. The van der Waals surface area contributed by atoms with E-state index in [1.54, 1.807) is 0 Å². The van der Waals surface area contributed by atoms with Crippen LogP contribution in [-0.2, 0) is 11.3 Å². The highest BCUT2D eigenvalue weighted by Crippen LogP contribution is 2.37. The number of carbonyl (C=O) groups is 1. The van der Waals surface area contributed by atoms with Crippen LogP contribution in [0.25, 0.3) is 0 Å². The maximum atomic E-state index is 10.9. The third kappa shape index (κ3) is 5.41. The zero-order valence-corrected chi connectivity index (χ0v) is 15.5. The molecule has 1 amide bonds. The molecule has 1 aromatic carbocycles. The first-order chi connectivity index (χ1) is 10.9. The zero-order valence-electron chi connectivity index (χ0n) is 14.0. The van der Waals surface area contributed by atoms with E-state index in [0.717, 1.165) is 31.6 Å². The van der Waals surface area contributed by atoms with Gasteiger partial charge in [-0.1, -0.05) is 11.6 Å². The van der Waals surface area contributed by atoms with Gasteiger partial charge in [0.25, 0.3) is 5.91 Å². The second kappa shape index (κ2) is 9.32. The van der Waals surface area contributed by atoms with E-state index in [1.165, 1.54) is 7.11 Å². The van der Waals surface area contributed by atoms with Crippen molar-refractivity contribution in [2.75, 3.05) is 26.8 Å². The topological polar surface area (TPSA) is 90.8 Å². The quantitative estimate of drug-likeness (QED) is 0.755. The second-order valence-corrected chi connectivity index (χ2v) is 6.41. The normalized spacial score (nSPS) is 18.8. The Labute approximate surface area is 153 Å². The van der Waals surface area contributed by atoms with Crippen molar-refractivity contribution >= 4 is 29.9 Å². The summed E-state index contributed by atoms with van der Waals surface area (Å²) in [4.78, 5) is 13.2. The number of hydrogen-bond acceptors (Lipinski definition) is 5. The van der Waals surface area contributed by atoms with Crippen LogP contribution in [0.1, 0.15) is 18.9 Å². The van der Waals surface area contributed by atoms with E-state index in [2.05, 4.69) is 11.8 Å². The van der Waals surface area contributed by atoms with Gasteiger partial charge in [0.2, 0.25) is 0 Å². The number of ether oxygens (including phenoxy) is 2. The minimum absolute atomic E-state index is 0. The van der Waals surface area contributed by atoms with E-state index in [-0.39, 0.29) is 25.1 Å². The predicted octanol–water partition coefficient (Wildman–Crippen LogP) is 1.80. The number of halogens is 2. The molecule has 136 valence electrons. The maximum absolute atomic E-state index is 10.9. The van der Waals surface area contributed by atoms with Gasteiger partial charge in [0.05, 0.1) is 12.1 Å². The first-order valence-corrected chi connectivity index (χ1v) is 8.04. The number of carbonyl (C=O) groups excluding carboxylic acids is 1. The largest absolute Gasteiger partial charge is 0.493 e. The van der Waals surface area contributed by atoms with Crippen LogP contribution in [0.2, 0.25) is 5.02 Å². The molecule has 1 saturated heterocycles. The van der Waals surface area contributed by atoms with Crippen LogP contribution < -0.4 is 20.9 Å². The van der Waals surface area contributed by atoms with Crippen LogP contribution in [0.15, 0.2) is 12.1 Å². The Kier molecular flexibility index (Phi) is 8.09. The van der Waals surface area contributed by atoms with E-state index in [9.17, 15) is 4.79 Å². The second-order valence-electron chi connectivity index (χ2n) is 6.01. The lowest BCUT2D eigenvalue weighted by Gasteiger charge is -2.19. The number of primary amides is 1. The Bertz CT molecular complexity index is 570. The predicted molar refractivity (Wildman–Crippen MR) is 97.0 cm³/mol. The summed E-state index contributed by atoms with van der Waals surface area (Å²) in [7, 11) is 1.54. The summed E-state index contributed by atoms with van der Waals surface area (Å²) in [6.45, 7) is 4.59. The van der Waals surface area contributed by atoms with E-state index in [4.69, 9.17) is 32.5 Å². The van der Waals surface area contributed by atoms with Crippen molar-refractivity contribution in [2.45, 2.75) is 25.9 Å². The first-order valence-electron chi connectivity index (χ1n) is 7.66. The van der Waals surface area contributed by atoms with E-state index >= 15 is 0 Å². The molecule has 4 N–H and O–H groups in total. The summed E-state index contributed by atoms with van der Waals surface area (Å²) >= 11 is 6.27. The van der Waals surface area contributed by atoms with Crippen LogP contribution in [0.3, 0.4) is 0 Å². The molecule has 1 fully saturated rings. The standard InChI is InChI=1S/C16H24ClN3O3.ClH/c1-10(18)12-3-4-20(8-12)7-11-5-13(17)16(14(6-11)22-2)23-9-15(19)21;/h5-6,10,12H,3-4,7-9,18H2,1-2H3,(H2,19,21);1H. The van der Waals surface area contributed by atoms with Crippen LogP contribution in [-0.4, -0.2) is 43.7 Å². The molecule has 0 saturated carbocycles. The molecule has 8 heteroatoms. The molecule has 0 spiro atoms. The Morgan fingerprint density at radius 3 is 2.75 bits per heavy atom. The van der Waals surface area contributed by atoms with E-state index in [0.29, 0.717) is 22.4 Å². The van der Waals surface area contributed by atoms with Crippen LogP contribution >= 0.6 is 24.0 Å². The lowest BCUT2D eigenvalue weighted by atomic mass is 10.0. The third-order valence-corrected chi connectivity index (χ3v) is 4.39. The van der Waals surface area contributed by atoms with Crippen molar-refractivity contribution in [1.82, 2.24) is 4.90 Å². The van der Waals surface area contributed by atoms with Gasteiger partial charge in [0.15, 0.2) is 18.1 Å². The molecule has 0 aliphatic carbocycles. The summed E-state index contributed by atoms with van der Waals surface area (Å²) in [6.07, 6.45) is 1.11. The minimum Gasteiger partial charge on any atom is -0.493 e. The summed E-state index contributed by atoms with van der Waals surface area (Å²) in [6, 6.07) is 3.92. The monoisotopic (exact) mass is 377 g/mol. The number of amides is 1. The van der Waals surface area contributed by atoms with Crippen molar-refractivity contribution in [3.63, 3.8) is 0 Å². The Morgan fingerprint density at radius 1 is 1.50 bits per heavy atom. The first kappa shape index (κ1) is 20.8. The molecule has 2 atom stereocenters. The number of rotatable bonds is 7. The molecule has 1 aromatic rings. The van der Waals surface area contributed by atoms with Gasteiger partial charge in [0.1, 0.15) is 0 Å². The third-order valence-electron chi connectivity index (χ3n) is 4.11. The van der Waals surface area contributed by atoms with Crippen molar-refractivity contribution in [1.29, 1.82) is 0 Å². The number of hydrogen-bond donors (Lipinski definition) is 2. The molecular weight excluding hydrogens is 353 g/mol. The van der Waals surface area contributed by atoms with Gasteiger partial charge in [-0.2, -0.15) is 0 Å². The smallest absolute Gasteiger partial charge is 0.255 e. The molecular formula is C16H25Cl2N3O3. The highest BCUT2D eigenvalue weighted by molar-refractivity contribution is 6.32. The summed E-state index contributed by atoms with van der Waals surface area (Å²) in [5.74, 6) is 0.806. The fraction of sp³-hybridized carbons (Fsp3) is 0.562. The molecule has 0 bridgehead atoms. The molecule has 2 rings (SSSR count). The number of nitrogens with two attached hydrogens (primary N) is 2. The molecule has 24 heavy (non-hydrogen) atoms. The lowest BCUT2D eigenvalue weighted by Crippen LogP contribution is -2.29. The highest BCUT2D eigenvalue weighted by atomic mass is 35.5. The Hall–Kier alpha value is -1.21. The number of nitrogens with zero attached hydrogens (tertiary/aromatic N) is 1. The average molecular weight is 378 g/mol. The summed E-state index contributed by atoms with van der Waals surface area (Å²) in [5, 5.41) is 0.406. The molecule has 0 radical (unpaired) electrons. The molecule has 1 aliphatic heterocycles. The van der Waals surface area contributed by atoms with Gasteiger partial charge in [-0.05, 0) is 43.5 Å². The average Bonchev–Trinajstić information content (AvgIpc) is 2.94. The van der Waals surface area contributed by atoms with Gasteiger partial charge < -0.3 is 20.9 Å². The van der Waals surface area contributed by atoms with Crippen LogP contribution in [0.5, 0.6) is 11.5 Å². The van der Waals surface area contributed by atoms with Gasteiger partial charge in [-0.25, -0.2) is 0 Å². The van der Waals surface area contributed by atoms with Gasteiger partial charge >= 0.3 is 0 Å². The summed E-state index contributed by atoms with van der Waals surface area (Å²) < 4.78 is 10.7. The molecule has 6 nitrogen and oxygen atoms in total. The van der Waals surface area contributed by atoms with Gasteiger partial charge in [-0.15, -0.1) is 12.4 Å². The molecule has 1 aliphatic rings.